The molecule has 0 fully saturated rings. The Balaban J connectivity index is 2.40. The number of hydrogen-bond donors (Lipinski definition) is 0. The van der Waals surface area contributed by atoms with Crippen molar-refractivity contribution in [3.8, 4) is 11.1 Å². The minimum absolute atomic E-state index is 0.0284. The van der Waals surface area contributed by atoms with Crippen LogP contribution < -0.4 is 0 Å². The number of carbonyl (C=O) groups excluding carboxylic acids is 1. The monoisotopic (exact) mass is 394 g/mol. The second kappa shape index (κ2) is 6.37. The molecule has 0 saturated heterocycles. The summed E-state index contributed by atoms with van der Waals surface area (Å²) in [7, 11) is 0. The van der Waals surface area contributed by atoms with Gasteiger partial charge in [0.05, 0.1) is 5.56 Å². The average molecular weight is 395 g/mol. The largest absolute Gasteiger partial charge is 0.417 e. The molecule has 2 aromatic carbocycles. The summed E-state index contributed by atoms with van der Waals surface area (Å²) in [5, 5.41) is 0.193. The van der Waals surface area contributed by atoms with Crippen molar-refractivity contribution in [1.82, 2.24) is 0 Å². The Labute approximate surface area is 162 Å². The van der Waals surface area contributed by atoms with Crippen molar-refractivity contribution < 1.29 is 18.0 Å². The van der Waals surface area contributed by atoms with Gasteiger partial charge in [-0.3, -0.25) is 4.79 Å². The van der Waals surface area contributed by atoms with Crippen LogP contribution in [0.25, 0.3) is 11.1 Å². The molecule has 0 aromatic heterocycles. The summed E-state index contributed by atoms with van der Waals surface area (Å²) in [6.45, 7) is 8.09. The van der Waals surface area contributed by atoms with E-state index in [4.69, 9.17) is 11.6 Å². The molecule has 0 spiro atoms. The third-order valence-corrected chi connectivity index (χ3v) is 6.04. The summed E-state index contributed by atoms with van der Waals surface area (Å²) >= 11 is 6.24. The van der Waals surface area contributed by atoms with Crippen LogP contribution in [-0.4, -0.2) is 6.29 Å². The zero-order valence-corrected chi connectivity index (χ0v) is 16.6. The highest BCUT2D eigenvalue weighted by Crippen LogP contribution is 2.50. The van der Waals surface area contributed by atoms with Crippen LogP contribution >= 0.6 is 11.6 Å². The average Bonchev–Trinajstić information content (AvgIpc) is 2.58. The number of carbonyl (C=O) groups is 1. The van der Waals surface area contributed by atoms with Crippen LogP contribution in [0, 0.1) is 0 Å². The van der Waals surface area contributed by atoms with Crippen LogP contribution in [0.5, 0.6) is 0 Å². The lowest BCUT2D eigenvalue weighted by atomic mass is 9.62. The van der Waals surface area contributed by atoms with Gasteiger partial charge in [-0.15, -0.1) is 0 Å². The molecule has 5 heteroatoms. The SMILES string of the molecule is CC1(C)CCC(C)(C)c2cc(C(F)(F)F)c(-c3cc(C=O)ccc3Cl)cc21. The minimum atomic E-state index is -4.53. The van der Waals surface area contributed by atoms with Gasteiger partial charge >= 0.3 is 6.18 Å². The molecule has 0 unspecified atom stereocenters. The Bertz CT molecular complexity index is 911. The van der Waals surface area contributed by atoms with Gasteiger partial charge in [-0.05, 0) is 64.6 Å². The quantitative estimate of drug-likeness (QED) is 0.492. The molecular formula is C22H22ClF3O. The molecule has 0 radical (unpaired) electrons. The van der Waals surface area contributed by atoms with Crippen molar-refractivity contribution in [2.24, 2.45) is 0 Å². The molecule has 1 nitrogen and oxygen atoms in total. The number of aldehydes is 1. The Morgan fingerprint density at radius 2 is 1.48 bits per heavy atom. The summed E-state index contributed by atoms with van der Waals surface area (Å²) in [5.41, 5.74) is 0.913. The lowest BCUT2D eigenvalue weighted by Crippen LogP contribution is -2.34. The van der Waals surface area contributed by atoms with Gasteiger partial charge in [-0.25, -0.2) is 0 Å². The van der Waals surface area contributed by atoms with E-state index in [0.717, 1.165) is 24.0 Å². The lowest BCUT2D eigenvalue weighted by Gasteiger charge is -2.42. The fourth-order valence-corrected chi connectivity index (χ4v) is 4.11. The summed E-state index contributed by atoms with van der Waals surface area (Å²) in [4.78, 5) is 11.1. The second-order valence-electron chi connectivity index (χ2n) is 8.57. The van der Waals surface area contributed by atoms with Crippen LogP contribution in [0.4, 0.5) is 13.2 Å². The predicted octanol–water partition coefficient (Wildman–Crippen LogP) is 7.19. The Kier molecular flexibility index (Phi) is 4.70. The van der Waals surface area contributed by atoms with Crippen LogP contribution in [0.15, 0.2) is 30.3 Å². The molecule has 0 aliphatic heterocycles. The fourth-order valence-electron chi connectivity index (χ4n) is 3.89. The van der Waals surface area contributed by atoms with E-state index in [9.17, 15) is 18.0 Å². The number of benzene rings is 2. The van der Waals surface area contributed by atoms with Crippen LogP contribution in [0.2, 0.25) is 5.02 Å². The number of rotatable bonds is 2. The second-order valence-corrected chi connectivity index (χ2v) is 8.97. The van der Waals surface area contributed by atoms with E-state index in [1.165, 1.54) is 24.3 Å². The molecule has 27 heavy (non-hydrogen) atoms. The summed E-state index contributed by atoms with van der Waals surface area (Å²) < 4.78 is 41.9. The van der Waals surface area contributed by atoms with E-state index in [2.05, 4.69) is 13.8 Å². The molecule has 0 N–H and O–H groups in total. The minimum Gasteiger partial charge on any atom is -0.298 e. The Morgan fingerprint density at radius 3 is 2.00 bits per heavy atom. The first-order valence-corrected chi connectivity index (χ1v) is 9.26. The van der Waals surface area contributed by atoms with Gasteiger partial charge in [0.2, 0.25) is 0 Å². The third kappa shape index (κ3) is 3.52. The Morgan fingerprint density at radius 1 is 0.926 bits per heavy atom. The Hall–Kier alpha value is -1.81. The summed E-state index contributed by atoms with van der Waals surface area (Å²) in [6.07, 6.45) is -2.20. The lowest BCUT2D eigenvalue weighted by molar-refractivity contribution is -0.137. The number of hydrogen-bond acceptors (Lipinski definition) is 1. The fraction of sp³-hybridized carbons (Fsp3) is 0.409. The van der Waals surface area contributed by atoms with Gasteiger partial charge in [-0.2, -0.15) is 13.2 Å². The normalized spacial score (nSPS) is 18.1. The van der Waals surface area contributed by atoms with Crippen LogP contribution in [0.1, 0.15) is 67.6 Å². The smallest absolute Gasteiger partial charge is 0.298 e. The molecule has 0 bridgehead atoms. The maximum atomic E-state index is 14.0. The molecule has 144 valence electrons. The van der Waals surface area contributed by atoms with Crippen LogP contribution in [-0.2, 0) is 17.0 Å². The zero-order valence-electron chi connectivity index (χ0n) is 15.8. The molecule has 3 rings (SSSR count). The number of fused-ring (bicyclic) bond motifs is 1. The maximum absolute atomic E-state index is 14.0. The molecule has 0 heterocycles. The van der Waals surface area contributed by atoms with Crippen molar-refractivity contribution >= 4 is 17.9 Å². The maximum Gasteiger partial charge on any atom is 0.417 e. The molecule has 1 aliphatic rings. The first-order chi connectivity index (χ1) is 12.4. The van der Waals surface area contributed by atoms with E-state index in [1.54, 1.807) is 6.07 Å². The van der Waals surface area contributed by atoms with Crippen molar-refractivity contribution in [3.63, 3.8) is 0 Å². The van der Waals surface area contributed by atoms with Crippen LogP contribution in [0.3, 0.4) is 0 Å². The van der Waals surface area contributed by atoms with E-state index in [-0.39, 0.29) is 27.0 Å². The van der Waals surface area contributed by atoms with Crippen molar-refractivity contribution in [2.45, 2.75) is 57.5 Å². The van der Waals surface area contributed by atoms with Gasteiger partial charge in [-0.1, -0.05) is 45.4 Å². The van der Waals surface area contributed by atoms with E-state index < -0.39 is 11.7 Å². The standard InChI is InChI=1S/C22H22ClF3O/c1-20(2)7-8-21(3,4)18-11-16(22(24,25)26)14(10-17(18)20)15-9-13(12-27)5-6-19(15)23/h5-6,9-12H,7-8H2,1-4H3. The highest BCUT2D eigenvalue weighted by Gasteiger charge is 2.42. The van der Waals surface area contributed by atoms with Crippen molar-refractivity contribution in [3.05, 3.63) is 57.6 Å². The van der Waals surface area contributed by atoms with E-state index in [1.807, 2.05) is 13.8 Å². The number of alkyl halides is 3. The van der Waals surface area contributed by atoms with Crippen molar-refractivity contribution in [1.29, 1.82) is 0 Å². The molecular weight excluding hydrogens is 373 g/mol. The highest BCUT2D eigenvalue weighted by atomic mass is 35.5. The van der Waals surface area contributed by atoms with Gasteiger partial charge in [0.1, 0.15) is 6.29 Å². The highest BCUT2D eigenvalue weighted by molar-refractivity contribution is 6.33. The predicted molar refractivity (Wildman–Crippen MR) is 103 cm³/mol. The molecule has 1 aliphatic carbocycles. The van der Waals surface area contributed by atoms with Gasteiger partial charge < -0.3 is 0 Å². The summed E-state index contributed by atoms with van der Waals surface area (Å²) in [6, 6.07) is 7.31. The first kappa shape index (κ1) is 19.9. The first-order valence-electron chi connectivity index (χ1n) is 8.88. The van der Waals surface area contributed by atoms with Crippen molar-refractivity contribution in [2.75, 3.05) is 0 Å². The van der Waals surface area contributed by atoms with Gasteiger partial charge in [0, 0.05) is 16.1 Å². The van der Waals surface area contributed by atoms with Gasteiger partial charge in [0.25, 0.3) is 0 Å². The van der Waals surface area contributed by atoms with E-state index in [0.29, 0.717) is 11.8 Å². The zero-order chi connectivity index (χ0) is 20.2. The number of halogens is 4. The molecule has 0 atom stereocenters. The van der Waals surface area contributed by atoms with Gasteiger partial charge in [0.15, 0.2) is 0 Å². The van der Waals surface area contributed by atoms with E-state index >= 15 is 0 Å². The molecule has 2 aromatic rings. The topological polar surface area (TPSA) is 17.1 Å². The molecule has 0 amide bonds. The summed E-state index contributed by atoms with van der Waals surface area (Å²) in [5.74, 6) is 0. The third-order valence-electron chi connectivity index (χ3n) is 5.71. The molecule has 0 saturated carbocycles.